The van der Waals surface area contributed by atoms with E-state index >= 15 is 0 Å². The smallest absolute Gasteiger partial charge is 0.292 e. The zero-order chi connectivity index (χ0) is 14.5. The van der Waals surface area contributed by atoms with Crippen LogP contribution in [0.5, 0.6) is 0 Å². The predicted molar refractivity (Wildman–Crippen MR) is 74.9 cm³/mol. The van der Waals surface area contributed by atoms with Gasteiger partial charge in [-0.2, -0.15) is 0 Å². The summed E-state index contributed by atoms with van der Waals surface area (Å²) in [6, 6.07) is 6.15. The number of nitro benzene ring substituents is 1. The predicted octanol–water partition coefficient (Wildman–Crippen LogP) is 1.63. The molecule has 0 amide bonds. The first kappa shape index (κ1) is 13.7. The van der Waals surface area contributed by atoms with Crippen molar-refractivity contribution < 1.29 is 4.92 Å². The molecule has 1 aromatic heterocycles. The van der Waals surface area contributed by atoms with E-state index < -0.39 is 4.92 Å². The van der Waals surface area contributed by atoms with Crippen LogP contribution in [0.2, 0.25) is 0 Å². The molecule has 0 atom stereocenters. The van der Waals surface area contributed by atoms with Crippen LogP contribution in [-0.2, 0) is 6.54 Å². The summed E-state index contributed by atoms with van der Waals surface area (Å²) in [5, 5.41) is 14.0. The Balaban J connectivity index is 2.46. The average molecular weight is 274 g/mol. The number of nitrogens with one attached hydrogen (secondary N) is 1. The van der Waals surface area contributed by atoms with Gasteiger partial charge in [-0.15, -0.1) is 0 Å². The van der Waals surface area contributed by atoms with Crippen molar-refractivity contribution in [1.29, 1.82) is 0 Å². The Labute approximate surface area is 115 Å². The van der Waals surface area contributed by atoms with E-state index in [0.29, 0.717) is 17.8 Å². The van der Waals surface area contributed by atoms with Crippen molar-refractivity contribution in [2.45, 2.75) is 13.5 Å². The first-order chi connectivity index (χ1) is 9.63. The van der Waals surface area contributed by atoms with Crippen LogP contribution in [0.1, 0.15) is 12.5 Å². The van der Waals surface area contributed by atoms with Crippen LogP contribution in [0.4, 0.5) is 11.4 Å². The van der Waals surface area contributed by atoms with E-state index in [4.69, 9.17) is 0 Å². The lowest BCUT2D eigenvalue weighted by molar-refractivity contribution is -0.384. The molecule has 104 valence electrons. The topological polar surface area (TPSA) is 90.1 Å². The molecule has 0 aliphatic heterocycles. The minimum absolute atomic E-state index is 0.00119. The number of rotatable bonds is 5. The SMILES string of the molecule is CCNc1c(Cn2cnccc2=O)cccc1[N+](=O)[O-]. The van der Waals surface area contributed by atoms with Crippen molar-refractivity contribution in [1.82, 2.24) is 9.55 Å². The van der Waals surface area contributed by atoms with Gasteiger partial charge in [-0.05, 0) is 6.92 Å². The summed E-state index contributed by atoms with van der Waals surface area (Å²) < 4.78 is 1.40. The van der Waals surface area contributed by atoms with Crippen LogP contribution in [0.3, 0.4) is 0 Å². The number of para-hydroxylation sites is 1. The second-order valence-corrected chi connectivity index (χ2v) is 4.15. The Kier molecular flexibility index (Phi) is 4.09. The van der Waals surface area contributed by atoms with E-state index in [2.05, 4.69) is 10.3 Å². The van der Waals surface area contributed by atoms with Crippen molar-refractivity contribution >= 4 is 11.4 Å². The number of hydrogen-bond donors (Lipinski definition) is 1. The monoisotopic (exact) mass is 274 g/mol. The van der Waals surface area contributed by atoms with Crippen molar-refractivity contribution in [3.05, 3.63) is 62.8 Å². The molecule has 2 rings (SSSR count). The summed E-state index contributed by atoms with van der Waals surface area (Å²) >= 11 is 0. The van der Waals surface area contributed by atoms with Crippen LogP contribution in [0.15, 0.2) is 41.6 Å². The van der Waals surface area contributed by atoms with Gasteiger partial charge in [0.1, 0.15) is 5.69 Å². The fourth-order valence-electron chi connectivity index (χ4n) is 1.93. The van der Waals surface area contributed by atoms with Gasteiger partial charge in [0.2, 0.25) is 0 Å². The summed E-state index contributed by atoms with van der Waals surface area (Å²) in [5.74, 6) is 0. The highest BCUT2D eigenvalue weighted by atomic mass is 16.6. The molecule has 0 fully saturated rings. The molecular formula is C13H14N4O3. The molecule has 0 spiro atoms. The fourth-order valence-corrected chi connectivity index (χ4v) is 1.93. The lowest BCUT2D eigenvalue weighted by atomic mass is 10.1. The van der Waals surface area contributed by atoms with Gasteiger partial charge in [-0.3, -0.25) is 19.5 Å². The highest BCUT2D eigenvalue weighted by molar-refractivity contribution is 5.66. The quantitative estimate of drug-likeness (QED) is 0.661. The molecule has 0 bridgehead atoms. The summed E-state index contributed by atoms with van der Waals surface area (Å²) in [5.41, 5.74) is 0.919. The molecule has 0 radical (unpaired) electrons. The van der Waals surface area contributed by atoms with Gasteiger partial charge in [0, 0.05) is 30.4 Å². The number of nitro groups is 1. The second kappa shape index (κ2) is 5.96. The van der Waals surface area contributed by atoms with E-state index in [1.807, 2.05) is 6.92 Å². The highest BCUT2D eigenvalue weighted by Gasteiger charge is 2.17. The highest BCUT2D eigenvalue weighted by Crippen LogP contribution is 2.28. The van der Waals surface area contributed by atoms with Crippen LogP contribution in [0, 0.1) is 10.1 Å². The summed E-state index contributed by atoms with van der Waals surface area (Å²) in [7, 11) is 0. The third-order valence-corrected chi connectivity index (χ3v) is 2.81. The van der Waals surface area contributed by atoms with Gasteiger partial charge in [0.15, 0.2) is 0 Å². The van der Waals surface area contributed by atoms with Crippen LogP contribution in [-0.4, -0.2) is 21.0 Å². The maximum atomic E-state index is 11.7. The third kappa shape index (κ3) is 2.82. The lowest BCUT2D eigenvalue weighted by Crippen LogP contribution is -2.20. The summed E-state index contributed by atoms with van der Waals surface area (Å²) in [6.07, 6.45) is 2.83. The van der Waals surface area contributed by atoms with Crippen LogP contribution >= 0.6 is 0 Å². The van der Waals surface area contributed by atoms with Crippen molar-refractivity contribution in [2.24, 2.45) is 0 Å². The van der Waals surface area contributed by atoms with E-state index in [-0.39, 0.29) is 17.8 Å². The van der Waals surface area contributed by atoms with E-state index in [0.717, 1.165) is 0 Å². The standard InChI is InChI=1S/C13H14N4O3/c1-2-15-13-10(4-3-5-11(13)17(19)20)8-16-9-14-7-6-12(16)18/h3-7,9,15H,2,8H2,1H3. The molecule has 0 saturated carbocycles. The van der Waals surface area contributed by atoms with Gasteiger partial charge < -0.3 is 5.32 Å². The first-order valence-electron chi connectivity index (χ1n) is 6.14. The van der Waals surface area contributed by atoms with Crippen molar-refractivity contribution in [2.75, 3.05) is 11.9 Å². The number of hydrogen-bond acceptors (Lipinski definition) is 5. The Hall–Kier alpha value is -2.70. The average Bonchev–Trinajstić information content (AvgIpc) is 2.43. The number of anilines is 1. The Morgan fingerprint density at radius 1 is 1.40 bits per heavy atom. The molecule has 0 aliphatic rings. The zero-order valence-electron chi connectivity index (χ0n) is 10.9. The second-order valence-electron chi connectivity index (χ2n) is 4.15. The first-order valence-corrected chi connectivity index (χ1v) is 6.14. The number of benzene rings is 1. The fraction of sp³-hybridized carbons (Fsp3) is 0.231. The molecular weight excluding hydrogens is 260 g/mol. The lowest BCUT2D eigenvalue weighted by Gasteiger charge is -2.12. The molecule has 0 saturated heterocycles. The van der Waals surface area contributed by atoms with Gasteiger partial charge in [-0.25, -0.2) is 4.98 Å². The third-order valence-electron chi connectivity index (χ3n) is 2.81. The maximum absolute atomic E-state index is 11.7. The number of aromatic nitrogens is 2. The van der Waals surface area contributed by atoms with Crippen molar-refractivity contribution in [3.8, 4) is 0 Å². The van der Waals surface area contributed by atoms with E-state index in [1.165, 1.54) is 29.2 Å². The molecule has 20 heavy (non-hydrogen) atoms. The Morgan fingerprint density at radius 3 is 2.85 bits per heavy atom. The van der Waals surface area contributed by atoms with E-state index in [9.17, 15) is 14.9 Å². The maximum Gasteiger partial charge on any atom is 0.292 e. The minimum atomic E-state index is -0.437. The molecule has 1 N–H and O–H groups in total. The van der Waals surface area contributed by atoms with E-state index in [1.54, 1.807) is 12.1 Å². The van der Waals surface area contributed by atoms with Crippen LogP contribution in [0.25, 0.3) is 0 Å². The van der Waals surface area contributed by atoms with Crippen LogP contribution < -0.4 is 10.9 Å². The molecule has 0 aliphatic carbocycles. The molecule has 1 aromatic carbocycles. The molecule has 2 aromatic rings. The largest absolute Gasteiger partial charge is 0.379 e. The van der Waals surface area contributed by atoms with Gasteiger partial charge in [-0.1, -0.05) is 12.1 Å². The van der Waals surface area contributed by atoms with Gasteiger partial charge in [0.05, 0.1) is 17.8 Å². The van der Waals surface area contributed by atoms with Gasteiger partial charge >= 0.3 is 0 Å². The Morgan fingerprint density at radius 2 is 2.20 bits per heavy atom. The Bertz CT molecular complexity index is 681. The summed E-state index contributed by atoms with van der Waals surface area (Å²) in [4.78, 5) is 26.2. The molecule has 1 heterocycles. The molecule has 7 nitrogen and oxygen atoms in total. The van der Waals surface area contributed by atoms with Crippen molar-refractivity contribution in [3.63, 3.8) is 0 Å². The zero-order valence-corrected chi connectivity index (χ0v) is 10.9. The normalized spacial score (nSPS) is 10.2. The molecule has 7 heteroatoms. The molecule has 0 unspecified atom stereocenters. The minimum Gasteiger partial charge on any atom is -0.379 e. The number of nitrogens with zero attached hydrogens (tertiary/aromatic N) is 3. The van der Waals surface area contributed by atoms with Gasteiger partial charge in [0.25, 0.3) is 11.2 Å². The summed E-state index contributed by atoms with van der Waals surface area (Å²) in [6.45, 7) is 2.65.